The number of aryl methyl sites for hydroxylation is 1. The second kappa shape index (κ2) is 11.7. The standard InChI is InChI=1S/C29H32F4N2O3/c1-18-17-34-26-6-5-20(38-2)16-22(26)27(18)23(31)7-8-29(28(36)37)9-12-35(13-10-29)11-3-4-21-24(32)14-19(30)15-25(21)33/h5-6,14-17,23H,3-4,7-13H2,1-2H3,(H,36,37)/t23-/m0/s1. The SMILES string of the molecule is COc1ccc2ncc(C)c([C@@H](F)CCC3(C(=O)O)CCN(CCCc4c(F)cc(F)cc4F)CC3)c2c1. The van der Waals surface area contributed by atoms with Crippen LogP contribution in [0.2, 0.25) is 0 Å². The molecule has 3 aromatic rings. The van der Waals surface area contributed by atoms with Crippen molar-refractivity contribution < 1.29 is 32.2 Å². The second-order valence-corrected chi connectivity index (χ2v) is 10.1. The van der Waals surface area contributed by atoms with Gasteiger partial charge < -0.3 is 14.7 Å². The zero-order chi connectivity index (χ0) is 27.4. The van der Waals surface area contributed by atoms with E-state index in [1.54, 1.807) is 38.4 Å². The molecule has 0 bridgehead atoms. The molecule has 0 aliphatic carbocycles. The van der Waals surface area contributed by atoms with Crippen LogP contribution in [-0.2, 0) is 11.2 Å². The molecule has 0 radical (unpaired) electrons. The highest BCUT2D eigenvalue weighted by atomic mass is 19.1. The summed E-state index contributed by atoms with van der Waals surface area (Å²) in [6.45, 7) is 3.31. The normalized spacial score (nSPS) is 16.5. The number of carboxylic acids is 1. The number of nitrogens with zero attached hydrogens (tertiary/aromatic N) is 2. The summed E-state index contributed by atoms with van der Waals surface area (Å²) >= 11 is 0. The third-order valence-corrected chi connectivity index (χ3v) is 7.78. The fraction of sp³-hybridized carbons (Fsp3) is 0.448. The van der Waals surface area contributed by atoms with Gasteiger partial charge in [-0.1, -0.05) is 0 Å². The maximum atomic E-state index is 15.7. The summed E-state index contributed by atoms with van der Waals surface area (Å²) in [5, 5.41) is 10.7. The van der Waals surface area contributed by atoms with E-state index in [0.717, 1.165) is 0 Å². The van der Waals surface area contributed by atoms with Crippen molar-refractivity contribution in [2.24, 2.45) is 5.41 Å². The lowest BCUT2D eigenvalue weighted by Crippen LogP contribution is -2.44. The van der Waals surface area contributed by atoms with E-state index in [1.807, 2.05) is 0 Å². The van der Waals surface area contributed by atoms with Crippen molar-refractivity contribution in [1.82, 2.24) is 9.88 Å². The molecule has 4 rings (SSSR count). The molecule has 1 N–H and O–H groups in total. The van der Waals surface area contributed by atoms with Crippen LogP contribution < -0.4 is 4.74 Å². The minimum atomic E-state index is -1.36. The molecular formula is C29H32F4N2O3. The number of hydrogen-bond donors (Lipinski definition) is 1. The number of aromatic nitrogens is 1. The Balaban J connectivity index is 1.37. The molecule has 1 aliphatic rings. The number of carbonyl (C=O) groups is 1. The number of rotatable bonds is 10. The average molecular weight is 533 g/mol. The van der Waals surface area contributed by atoms with E-state index in [1.165, 1.54) is 0 Å². The van der Waals surface area contributed by atoms with Crippen molar-refractivity contribution in [1.29, 1.82) is 0 Å². The maximum absolute atomic E-state index is 15.7. The molecule has 0 amide bonds. The maximum Gasteiger partial charge on any atom is 0.309 e. The van der Waals surface area contributed by atoms with Crippen LogP contribution >= 0.6 is 0 Å². The molecule has 1 saturated heterocycles. The van der Waals surface area contributed by atoms with E-state index in [0.29, 0.717) is 78.8 Å². The van der Waals surface area contributed by atoms with Gasteiger partial charge in [-0.05, 0) is 94.4 Å². The zero-order valence-electron chi connectivity index (χ0n) is 21.6. The van der Waals surface area contributed by atoms with Crippen LogP contribution in [-0.4, -0.2) is 47.7 Å². The summed E-state index contributed by atoms with van der Waals surface area (Å²) in [5.41, 5.74) is 0.674. The van der Waals surface area contributed by atoms with E-state index < -0.39 is 35.0 Å². The Morgan fingerprint density at radius 1 is 1.16 bits per heavy atom. The van der Waals surface area contributed by atoms with Gasteiger partial charge in [0, 0.05) is 29.3 Å². The largest absolute Gasteiger partial charge is 0.497 e. The van der Waals surface area contributed by atoms with Gasteiger partial charge in [0.2, 0.25) is 0 Å². The van der Waals surface area contributed by atoms with Crippen molar-refractivity contribution >= 4 is 16.9 Å². The number of fused-ring (bicyclic) bond motifs is 1. The molecule has 2 aromatic carbocycles. The van der Waals surface area contributed by atoms with E-state index in [4.69, 9.17) is 4.74 Å². The summed E-state index contributed by atoms with van der Waals surface area (Å²) < 4.78 is 61.9. The van der Waals surface area contributed by atoms with Crippen LogP contribution in [0, 0.1) is 29.8 Å². The van der Waals surface area contributed by atoms with Gasteiger partial charge in [-0.3, -0.25) is 9.78 Å². The zero-order valence-corrected chi connectivity index (χ0v) is 21.6. The fourth-order valence-electron chi connectivity index (χ4n) is 5.45. The van der Waals surface area contributed by atoms with Crippen molar-refractivity contribution in [2.45, 2.75) is 51.6 Å². The van der Waals surface area contributed by atoms with E-state index in [-0.39, 0.29) is 24.8 Å². The number of alkyl halides is 1. The van der Waals surface area contributed by atoms with Crippen molar-refractivity contribution in [3.8, 4) is 5.75 Å². The highest BCUT2D eigenvalue weighted by Gasteiger charge is 2.41. The van der Waals surface area contributed by atoms with Crippen LogP contribution in [0.15, 0.2) is 36.5 Å². The highest BCUT2D eigenvalue weighted by Crippen LogP contribution is 2.41. The summed E-state index contributed by atoms with van der Waals surface area (Å²) in [4.78, 5) is 18.7. The second-order valence-electron chi connectivity index (χ2n) is 10.1. The minimum absolute atomic E-state index is 0.0621. The van der Waals surface area contributed by atoms with Gasteiger partial charge in [-0.25, -0.2) is 17.6 Å². The van der Waals surface area contributed by atoms with Gasteiger partial charge in [-0.15, -0.1) is 0 Å². The third-order valence-electron chi connectivity index (χ3n) is 7.78. The number of piperidine rings is 1. The Kier molecular flexibility index (Phi) is 8.55. The van der Waals surface area contributed by atoms with Crippen molar-refractivity contribution in [3.63, 3.8) is 0 Å². The molecule has 1 aliphatic heterocycles. The Bertz CT molecular complexity index is 1290. The van der Waals surface area contributed by atoms with Crippen molar-refractivity contribution in [3.05, 3.63) is 70.7 Å². The summed E-state index contributed by atoms with van der Waals surface area (Å²) in [5.74, 6) is -3.09. The first-order valence-electron chi connectivity index (χ1n) is 12.8. The first-order chi connectivity index (χ1) is 18.1. The predicted octanol–water partition coefficient (Wildman–Crippen LogP) is 6.56. The Labute approximate surface area is 219 Å². The lowest BCUT2D eigenvalue weighted by atomic mass is 9.74. The molecule has 2 heterocycles. The molecule has 0 spiro atoms. The number of halogens is 4. The third kappa shape index (κ3) is 5.93. The van der Waals surface area contributed by atoms with Gasteiger partial charge in [0.15, 0.2) is 0 Å². The molecule has 1 aromatic heterocycles. The fourth-order valence-corrected chi connectivity index (χ4v) is 5.45. The summed E-state index contributed by atoms with van der Waals surface area (Å²) in [6, 6.07) is 6.64. The molecule has 0 saturated carbocycles. The van der Waals surface area contributed by atoms with Gasteiger partial charge in [0.1, 0.15) is 29.4 Å². The lowest BCUT2D eigenvalue weighted by Gasteiger charge is -2.39. The molecule has 38 heavy (non-hydrogen) atoms. The number of benzene rings is 2. The number of methoxy groups -OCH3 is 1. The van der Waals surface area contributed by atoms with E-state index in [9.17, 15) is 23.1 Å². The number of hydrogen-bond acceptors (Lipinski definition) is 4. The quantitative estimate of drug-likeness (QED) is 0.300. The van der Waals surface area contributed by atoms with Crippen LogP contribution in [0.5, 0.6) is 5.75 Å². The summed E-state index contributed by atoms with van der Waals surface area (Å²) in [7, 11) is 1.54. The minimum Gasteiger partial charge on any atom is -0.497 e. The van der Waals surface area contributed by atoms with Gasteiger partial charge >= 0.3 is 5.97 Å². The molecule has 5 nitrogen and oxygen atoms in total. The first-order valence-corrected chi connectivity index (χ1v) is 12.8. The average Bonchev–Trinajstić information content (AvgIpc) is 2.89. The van der Waals surface area contributed by atoms with Crippen LogP contribution in [0.25, 0.3) is 10.9 Å². The molecule has 1 atom stereocenters. The molecule has 9 heteroatoms. The summed E-state index contributed by atoms with van der Waals surface area (Å²) in [6.07, 6.45) is 1.81. The highest BCUT2D eigenvalue weighted by molar-refractivity contribution is 5.85. The predicted molar refractivity (Wildman–Crippen MR) is 136 cm³/mol. The first kappa shape index (κ1) is 27.8. The Morgan fingerprint density at radius 3 is 2.47 bits per heavy atom. The van der Waals surface area contributed by atoms with E-state index >= 15 is 4.39 Å². The van der Waals surface area contributed by atoms with E-state index in [2.05, 4.69) is 9.88 Å². The number of carboxylic acid groups (broad SMARTS) is 1. The smallest absolute Gasteiger partial charge is 0.309 e. The number of aliphatic carboxylic acids is 1. The molecular weight excluding hydrogens is 500 g/mol. The molecule has 204 valence electrons. The molecule has 1 fully saturated rings. The van der Waals surface area contributed by atoms with Crippen molar-refractivity contribution in [2.75, 3.05) is 26.7 Å². The Hall–Kier alpha value is -3.20. The number of pyridine rings is 1. The number of likely N-dealkylation sites (tertiary alicyclic amines) is 1. The van der Waals surface area contributed by atoms with Gasteiger partial charge in [0.05, 0.1) is 18.0 Å². The van der Waals surface area contributed by atoms with Crippen LogP contribution in [0.4, 0.5) is 17.6 Å². The topological polar surface area (TPSA) is 62.7 Å². The van der Waals surface area contributed by atoms with Gasteiger partial charge in [0.25, 0.3) is 0 Å². The number of ether oxygens (including phenoxy) is 1. The van der Waals surface area contributed by atoms with Crippen LogP contribution in [0.3, 0.4) is 0 Å². The monoisotopic (exact) mass is 532 g/mol. The Morgan fingerprint density at radius 2 is 1.84 bits per heavy atom. The molecule has 0 unspecified atom stereocenters. The van der Waals surface area contributed by atoms with Gasteiger partial charge in [-0.2, -0.15) is 0 Å². The van der Waals surface area contributed by atoms with Crippen LogP contribution in [0.1, 0.15) is 55.0 Å². The lowest BCUT2D eigenvalue weighted by molar-refractivity contribution is -0.153.